The molecule has 0 bridgehead atoms. The van der Waals surface area contributed by atoms with E-state index in [1.807, 2.05) is 6.07 Å². The zero-order valence-electron chi connectivity index (χ0n) is 16.4. The van der Waals surface area contributed by atoms with E-state index in [9.17, 15) is 5.11 Å². The van der Waals surface area contributed by atoms with E-state index in [2.05, 4.69) is 66.0 Å². The van der Waals surface area contributed by atoms with E-state index in [0.29, 0.717) is 0 Å². The quantitative estimate of drug-likeness (QED) is 0.761. The summed E-state index contributed by atoms with van der Waals surface area (Å²) in [4.78, 5) is 2.45. The fraction of sp³-hybridized carbons (Fsp3) is 0.391. The van der Waals surface area contributed by atoms with Gasteiger partial charge in [-0.1, -0.05) is 29.8 Å². The minimum absolute atomic E-state index is 0.698. The first-order valence-corrected chi connectivity index (χ1v) is 9.62. The lowest BCUT2D eigenvalue weighted by Crippen LogP contribution is -2.42. The Hall–Kier alpha value is -2.30. The zero-order valence-corrected chi connectivity index (χ0v) is 16.4. The average Bonchev–Trinajstić information content (AvgIpc) is 2.99. The van der Waals surface area contributed by atoms with E-state index in [4.69, 9.17) is 4.74 Å². The molecule has 4 heteroatoms. The van der Waals surface area contributed by atoms with Crippen molar-refractivity contribution in [3.05, 3.63) is 65.4 Å². The SMILES string of the molecule is COc1ccc2c(CN3CCC(O)(c4ccc(C)cc4)CC3)cn(C)c2c1. The molecule has 3 aromatic rings. The van der Waals surface area contributed by atoms with Crippen molar-refractivity contribution in [2.24, 2.45) is 7.05 Å². The predicted octanol–water partition coefficient (Wildman–Crippen LogP) is 3.98. The number of piperidine rings is 1. The van der Waals surface area contributed by atoms with Gasteiger partial charge in [0.2, 0.25) is 0 Å². The van der Waals surface area contributed by atoms with E-state index in [1.165, 1.54) is 22.0 Å². The van der Waals surface area contributed by atoms with Crippen molar-refractivity contribution < 1.29 is 9.84 Å². The van der Waals surface area contributed by atoms with Gasteiger partial charge in [-0.3, -0.25) is 4.90 Å². The number of aliphatic hydroxyl groups is 1. The summed E-state index contributed by atoms with van der Waals surface area (Å²) in [5, 5.41) is 12.4. The van der Waals surface area contributed by atoms with Crippen LogP contribution in [0.3, 0.4) is 0 Å². The smallest absolute Gasteiger partial charge is 0.120 e. The fourth-order valence-electron chi connectivity index (χ4n) is 4.18. The van der Waals surface area contributed by atoms with Crippen molar-refractivity contribution in [3.63, 3.8) is 0 Å². The molecule has 4 nitrogen and oxygen atoms in total. The minimum Gasteiger partial charge on any atom is -0.497 e. The Morgan fingerprint density at radius 3 is 2.44 bits per heavy atom. The lowest BCUT2D eigenvalue weighted by Gasteiger charge is -2.38. The van der Waals surface area contributed by atoms with Crippen molar-refractivity contribution in [1.29, 1.82) is 0 Å². The summed E-state index contributed by atoms with van der Waals surface area (Å²) in [7, 11) is 3.78. The van der Waals surface area contributed by atoms with Crippen LogP contribution in [0.2, 0.25) is 0 Å². The van der Waals surface area contributed by atoms with Crippen LogP contribution in [-0.2, 0) is 19.2 Å². The summed E-state index contributed by atoms with van der Waals surface area (Å²) in [6.07, 6.45) is 3.76. The number of fused-ring (bicyclic) bond motifs is 1. The normalized spacial score (nSPS) is 17.3. The van der Waals surface area contributed by atoms with Crippen LogP contribution in [0.25, 0.3) is 10.9 Å². The van der Waals surface area contributed by atoms with Gasteiger partial charge in [-0.2, -0.15) is 0 Å². The fourth-order valence-corrected chi connectivity index (χ4v) is 4.18. The first kappa shape index (κ1) is 18.1. The Morgan fingerprint density at radius 2 is 1.78 bits per heavy atom. The van der Waals surface area contributed by atoms with Gasteiger partial charge < -0.3 is 14.4 Å². The molecule has 4 rings (SSSR count). The average molecular weight is 364 g/mol. The third kappa shape index (κ3) is 3.47. The van der Waals surface area contributed by atoms with Gasteiger partial charge in [-0.25, -0.2) is 0 Å². The predicted molar refractivity (Wildman–Crippen MR) is 109 cm³/mol. The third-order valence-electron chi connectivity index (χ3n) is 5.95. The minimum atomic E-state index is -0.698. The second-order valence-corrected chi connectivity index (χ2v) is 7.82. The molecule has 1 saturated heterocycles. The Morgan fingerprint density at radius 1 is 1.07 bits per heavy atom. The van der Waals surface area contributed by atoms with Crippen LogP contribution in [0.1, 0.15) is 29.5 Å². The maximum atomic E-state index is 11.1. The second kappa shape index (κ2) is 7.02. The molecule has 27 heavy (non-hydrogen) atoms. The van der Waals surface area contributed by atoms with Gasteiger partial charge in [-0.05, 0) is 43.0 Å². The van der Waals surface area contributed by atoms with Gasteiger partial charge in [0.1, 0.15) is 5.75 Å². The van der Waals surface area contributed by atoms with Crippen molar-refractivity contribution in [3.8, 4) is 5.75 Å². The van der Waals surface area contributed by atoms with Gasteiger partial charge in [-0.15, -0.1) is 0 Å². The third-order valence-corrected chi connectivity index (χ3v) is 5.95. The van der Waals surface area contributed by atoms with Crippen LogP contribution in [0, 0.1) is 6.92 Å². The second-order valence-electron chi connectivity index (χ2n) is 7.82. The van der Waals surface area contributed by atoms with Crippen LogP contribution in [-0.4, -0.2) is 34.8 Å². The van der Waals surface area contributed by atoms with Crippen molar-refractivity contribution in [2.75, 3.05) is 20.2 Å². The maximum absolute atomic E-state index is 11.1. The molecule has 1 aliphatic rings. The molecule has 142 valence electrons. The Labute approximate surface area is 161 Å². The van der Waals surface area contributed by atoms with Crippen LogP contribution >= 0.6 is 0 Å². The molecule has 2 aromatic carbocycles. The number of benzene rings is 2. The van der Waals surface area contributed by atoms with Gasteiger partial charge in [0.25, 0.3) is 0 Å². The van der Waals surface area contributed by atoms with Crippen molar-refractivity contribution in [1.82, 2.24) is 9.47 Å². The molecule has 0 atom stereocenters. The highest BCUT2D eigenvalue weighted by Gasteiger charge is 2.34. The standard InChI is InChI=1S/C23H28N2O2/c1-17-4-6-19(7-5-17)23(26)10-12-25(13-11-23)16-18-15-24(2)22-14-20(27-3)8-9-21(18)22/h4-9,14-15,26H,10-13,16H2,1-3H3. The van der Waals surface area contributed by atoms with E-state index in [0.717, 1.165) is 43.8 Å². The molecule has 0 saturated carbocycles. The summed E-state index contributed by atoms with van der Waals surface area (Å²) in [6, 6.07) is 14.6. The summed E-state index contributed by atoms with van der Waals surface area (Å²) < 4.78 is 7.52. The first-order chi connectivity index (χ1) is 13.0. The number of likely N-dealkylation sites (tertiary alicyclic amines) is 1. The molecular weight excluding hydrogens is 336 g/mol. The molecule has 1 aromatic heterocycles. The molecule has 0 amide bonds. The van der Waals surface area contributed by atoms with Gasteiger partial charge in [0.15, 0.2) is 0 Å². The van der Waals surface area contributed by atoms with Crippen LogP contribution in [0.15, 0.2) is 48.7 Å². The van der Waals surface area contributed by atoms with E-state index < -0.39 is 5.60 Å². The Balaban J connectivity index is 1.48. The number of hydrogen-bond acceptors (Lipinski definition) is 3. The largest absolute Gasteiger partial charge is 0.497 e. The topological polar surface area (TPSA) is 37.6 Å². The molecule has 0 spiro atoms. The number of hydrogen-bond donors (Lipinski definition) is 1. The highest BCUT2D eigenvalue weighted by atomic mass is 16.5. The monoisotopic (exact) mass is 364 g/mol. The van der Waals surface area contributed by atoms with Gasteiger partial charge >= 0.3 is 0 Å². The van der Waals surface area contributed by atoms with Gasteiger partial charge in [0, 0.05) is 44.3 Å². The number of ether oxygens (including phenoxy) is 1. The molecule has 0 aliphatic carbocycles. The Kier molecular flexibility index (Phi) is 4.70. The lowest BCUT2D eigenvalue weighted by atomic mass is 9.84. The first-order valence-electron chi connectivity index (χ1n) is 9.62. The molecule has 1 aliphatic heterocycles. The van der Waals surface area contributed by atoms with Crippen molar-refractivity contribution >= 4 is 10.9 Å². The van der Waals surface area contributed by atoms with Gasteiger partial charge in [0.05, 0.1) is 18.2 Å². The van der Waals surface area contributed by atoms with E-state index >= 15 is 0 Å². The van der Waals surface area contributed by atoms with Crippen LogP contribution < -0.4 is 4.74 Å². The highest BCUT2D eigenvalue weighted by Crippen LogP contribution is 2.34. The summed E-state index contributed by atoms with van der Waals surface area (Å²) in [5.41, 5.74) is 4.10. The number of methoxy groups -OCH3 is 1. The molecule has 1 fully saturated rings. The van der Waals surface area contributed by atoms with Crippen LogP contribution in [0.4, 0.5) is 0 Å². The van der Waals surface area contributed by atoms with Crippen LogP contribution in [0.5, 0.6) is 5.75 Å². The van der Waals surface area contributed by atoms with E-state index in [1.54, 1.807) is 7.11 Å². The highest BCUT2D eigenvalue weighted by molar-refractivity contribution is 5.85. The lowest BCUT2D eigenvalue weighted by molar-refractivity contribution is -0.0276. The Bertz CT molecular complexity index is 935. The molecule has 2 heterocycles. The van der Waals surface area contributed by atoms with E-state index in [-0.39, 0.29) is 0 Å². The zero-order chi connectivity index (χ0) is 19.0. The number of rotatable bonds is 4. The molecular formula is C23H28N2O2. The summed E-state index contributed by atoms with van der Waals surface area (Å²) >= 11 is 0. The van der Waals surface area contributed by atoms with Crippen molar-refractivity contribution in [2.45, 2.75) is 31.9 Å². The summed E-state index contributed by atoms with van der Waals surface area (Å²) in [6.45, 7) is 4.79. The number of nitrogens with zero attached hydrogens (tertiary/aromatic N) is 2. The summed E-state index contributed by atoms with van der Waals surface area (Å²) in [5.74, 6) is 0.886. The maximum Gasteiger partial charge on any atom is 0.120 e. The molecule has 1 N–H and O–H groups in total. The number of aromatic nitrogens is 1. The number of aryl methyl sites for hydroxylation is 2. The molecule has 0 unspecified atom stereocenters. The molecule has 0 radical (unpaired) electrons.